The maximum Gasteiger partial charge on any atom is 0.265 e. The van der Waals surface area contributed by atoms with Crippen molar-refractivity contribution in [2.75, 3.05) is 17.9 Å². The Kier molecular flexibility index (Phi) is 5.50. The van der Waals surface area contributed by atoms with Crippen LogP contribution in [0.4, 0.5) is 5.69 Å². The molecule has 0 radical (unpaired) electrons. The van der Waals surface area contributed by atoms with Gasteiger partial charge in [0.15, 0.2) is 0 Å². The number of sulfonamides is 1. The first-order valence-corrected chi connectivity index (χ1v) is 8.94. The van der Waals surface area contributed by atoms with Gasteiger partial charge in [0.25, 0.3) is 10.0 Å². The van der Waals surface area contributed by atoms with Gasteiger partial charge in [-0.15, -0.1) is 0 Å². The number of ether oxygens (including phenoxy) is 2. The van der Waals surface area contributed by atoms with E-state index in [2.05, 4.69) is 4.72 Å². The molecule has 0 atom stereocenters. The average molecular weight is 335 g/mol. The van der Waals surface area contributed by atoms with Crippen LogP contribution in [0.5, 0.6) is 11.5 Å². The van der Waals surface area contributed by atoms with Gasteiger partial charge in [-0.25, -0.2) is 8.42 Å². The highest BCUT2D eigenvalue weighted by molar-refractivity contribution is 7.92. The lowest BCUT2D eigenvalue weighted by Gasteiger charge is -2.15. The zero-order valence-corrected chi connectivity index (χ0v) is 14.3. The highest BCUT2D eigenvalue weighted by Gasteiger charge is 2.21. The Hall–Kier alpha value is -2.21. The van der Waals surface area contributed by atoms with E-state index in [9.17, 15) is 8.42 Å². The third kappa shape index (κ3) is 4.16. The largest absolute Gasteiger partial charge is 0.492 e. The van der Waals surface area contributed by atoms with Gasteiger partial charge in [-0.2, -0.15) is 0 Å². The number of hydrogen-bond donors (Lipinski definition) is 1. The molecule has 0 spiro atoms. The molecular formula is C17H21NO4S. The Bertz CT molecular complexity index is 772. The highest BCUT2D eigenvalue weighted by Crippen LogP contribution is 2.30. The van der Waals surface area contributed by atoms with Gasteiger partial charge in [0.2, 0.25) is 0 Å². The van der Waals surface area contributed by atoms with Crippen LogP contribution in [0, 0.1) is 6.92 Å². The molecule has 0 saturated heterocycles. The lowest BCUT2D eigenvalue weighted by atomic mass is 10.2. The fraction of sp³-hybridized carbons (Fsp3) is 0.294. The van der Waals surface area contributed by atoms with Crippen LogP contribution >= 0.6 is 0 Å². The molecular weight excluding hydrogens is 314 g/mol. The SMILES string of the molecule is CCOc1ccccc1NS(=O)(=O)c1cc(C)ccc1OCC. The van der Waals surface area contributed by atoms with Crippen molar-refractivity contribution >= 4 is 15.7 Å². The van der Waals surface area contributed by atoms with Gasteiger partial charge in [0.05, 0.1) is 18.9 Å². The maximum atomic E-state index is 12.8. The van der Waals surface area contributed by atoms with E-state index in [0.717, 1.165) is 5.56 Å². The van der Waals surface area contributed by atoms with E-state index < -0.39 is 10.0 Å². The van der Waals surface area contributed by atoms with Crippen LogP contribution < -0.4 is 14.2 Å². The predicted molar refractivity (Wildman–Crippen MR) is 90.8 cm³/mol. The van der Waals surface area contributed by atoms with Crippen molar-refractivity contribution in [1.82, 2.24) is 0 Å². The minimum atomic E-state index is -3.78. The van der Waals surface area contributed by atoms with Crippen LogP contribution in [-0.2, 0) is 10.0 Å². The molecule has 0 heterocycles. The molecule has 0 amide bonds. The Balaban J connectivity index is 2.42. The summed E-state index contributed by atoms with van der Waals surface area (Å²) in [4.78, 5) is 0.116. The van der Waals surface area contributed by atoms with Crippen LogP contribution in [0.15, 0.2) is 47.4 Å². The monoisotopic (exact) mass is 335 g/mol. The first-order chi connectivity index (χ1) is 11.0. The van der Waals surface area contributed by atoms with E-state index in [1.165, 1.54) is 0 Å². The van der Waals surface area contributed by atoms with Gasteiger partial charge in [-0.3, -0.25) is 4.72 Å². The smallest absolute Gasteiger partial charge is 0.265 e. The van der Waals surface area contributed by atoms with Crippen LogP contribution in [0.3, 0.4) is 0 Å². The van der Waals surface area contributed by atoms with E-state index in [1.54, 1.807) is 36.4 Å². The summed E-state index contributed by atoms with van der Waals surface area (Å²) in [7, 11) is -3.78. The molecule has 124 valence electrons. The number of rotatable bonds is 7. The standard InChI is InChI=1S/C17H21NO4S/c1-4-21-15-9-7-6-8-14(15)18-23(19,20)17-12-13(3)10-11-16(17)22-5-2/h6-12,18H,4-5H2,1-3H3. The number of anilines is 1. The van der Waals surface area contributed by atoms with Gasteiger partial charge in [0, 0.05) is 0 Å². The van der Waals surface area contributed by atoms with Gasteiger partial charge in [-0.05, 0) is 50.6 Å². The predicted octanol–water partition coefficient (Wildman–Crippen LogP) is 3.59. The quantitative estimate of drug-likeness (QED) is 0.840. The van der Waals surface area contributed by atoms with Crippen LogP contribution in [0.2, 0.25) is 0 Å². The molecule has 0 aromatic heterocycles. The Morgan fingerprint density at radius 2 is 1.61 bits per heavy atom. The lowest BCUT2D eigenvalue weighted by molar-refractivity contribution is 0.331. The number of benzene rings is 2. The van der Waals surface area contributed by atoms with Crippen LogP contribution in [0.1, 0.15) is 19.4 Å². The summed E-state index contributed by atoms with van der Waals surface area (Å²) in [5.74, 6) is 0.823. The summed E-state index contributed by atoms with van der Waals surface area (Å²) in [6, 6.07) is 12.0. The second-order valence-electron chi connectivity index (χ2n) is 4.92. The summed E-state index contributed by atoms with van der Waals surface area (Å²) < 4.78 is 39.0. The summed E-state index contributed by atoms with van der Waals surface area (Å²) in [5, 5.41) is 0. The summed E-state index contributed by atoms with van der Waals surface area (Å²) in [6.07, 6.45) is 0. The summed E-state index contributed by atoms with van der Waals surface area (Å²) in [6.45, 7) is 6.34. The summed E-state index contributed by atoms with van der Waals surface area (Å²) >= 11 is 0. The van der Waals surface area contributed by atoms with Crippen molar-refractivity contribution in [3.8, 4) is 11.5 Å². The van der Waals surface area contributed by atoms with Crippen molar-refractivity contribution in [1.29, 1.82) is 0 Å². The molecule has 0 bridgehead atoms. The first kappa shape index (κ1) is 17.1. The Labute approximate surface area is 137 Å². The molecule has 1 N–H and O–H groups in total. The fourth-order valence-corrected chi connectivity index (χ4v) is 3.43. The van der Waals surface area contributed by atoms with E-state index in [4.69, 9.17) is 9.47 Å². The van der Waals surface area contributed by atoms with Gasteiger partial charge in [-0.1, -0.05) is 18.2 Å². The summed E-state index contributed by atoms with van der Waals surface area (Å²) in [5.41, 5.74) is 1.24. The van der Waals surface area contributed by atoms with E-state index >= 15 is 0 Å². The number of nitrogens with one attached hydrogen (secondary N) is 1. The topological polar surface area (TPSA) is 64.6 Å². The zero-order chi connectivity index (χ0) is 16.9. The van der Waals surface area contributed by atoms with E-state index in [1.807, 2.05) is 26.8 Å². The van der Waals surface area contributed by atoms with Crippen LogP contribution in [0.25, 0.3) is 0 Å². The van der Waals surface area contributed by atoms with Crippen molar-refractivity contribution in [2.24, 2.45) is 0 Å². The van der Waals surface area contributed by atoms with Crippen molar-refractivity contribution in [3.05, 3.63) is 48.0 Å². The molecule has 0 fully saturated rings. The van der Waals surface area contributed by atoms with Gasteiger partial charge < -0.3 is 9.47 Å². The van der Waals surface area contributed by atoms with Crippen molar-refractivity contribution in [2.45, 2.75) is 25.7 Å². The molecule has 0 aliphatic rings. The third-order valence-electron chi connectivity index (χ3n) is 3.12. The molecule has 5 nitrogen and oxygen atoms in total. The number of aryl methyl sites for hydroxylation is 1. The van der Waals surface area contributed by atoms with E-state index in [-0.39, 0.29) is 4.90 Å². The Morgan fingerprint density at radius 3 is 2.30 bits per heavy atom. The fourth-order valence-electron chi connectivity index (χ4n) is 2.13. The lowest BCUT2D eigenvalue weighted by Crippen LogP contribution is -2.15. The molecule has 6 heteroatoms. The molecule has 2 aromatic carbocycles. The molecule has 0 aliphatic carbocycles. The number of para-hydroxylation sites is 2. The molecule has 0 saturated carbocycles. The molecule has 23 heavy (non-hydrogen) atoms. The second-order valence-corrected chi connectivity index (χ2v) is 6.57. The highest BCUT2D eigenvalue weighted by atomic mass is 32.2. The van der Waals surface area contributed by atoms with Gasteiger partial charge >= 0.3 is 0 Å². The maximum absolute atomic E-state index is 12.8. The molecule has 0 aliphatic heterocycles. The second kappa shape index (κ2) is 7.37. The molecule has 2 aromatic rings. The molecule has 0 unspecified atom stereocenters. The minimum absolute atomic E-state index is 0.116. The Morgan fingerprint density at radius 1 is 0.957 bits per heavy atom. The number of hydrogen-bond acceptors (Lipinski definition) is 4. The molecule has 2 rings (SSSR count). The average Bonchev–Trinajstić information content (AvgIpc) is 2.51. The van der Waals surface area contributed by atoms with Crippen molar-refractivity contribution < 1.29 is 17.9 Å². The third-order valence-corrected chi connectivity index (χ3v) is 4.51. The zero-order valence-electron chi connectivity index (χ0n) is 13.5. The van der Waals surface area contributed by atoms with Crippen LogP contribution in [-0.4, -0.2) is 21.6 Å². The minimum Gasteiger partial charge on any atom is -0.492 e. The van der Waals surface area contributed by atoms with E-state index in [0.29, 0.717) is 30.4 Å². The first-order valence-electron chi connectivity index (χ1n) is 7.46. The van der Waals surface area contributed by atoms with Gasteiger partial charge in [0.1, 0.15) is 16.4 Å². The van der Waals surface area contributed by atoms with Crippen molar-refractivity contribution in [3.63, 3.8) is 0 Å². The normalized spacial score (nSPS) is 11.1.